The van der Waals surface area contributed by atoms with Crippen LogP contribution in [0.4, 0.5) is 4.39 Å². The monoisotopic (exact) mass is 434 g/mol. The standard InChI is InChI=1S/C24H23FN4O3/c25-17-9-7-16(8-10-17)14-28-21-6-2-1-5-19(21)20-13-27-29(24(31)23(20)28)15-22(30)26-12-18-4-3-11-32-18/h1-2,5-10,13,18H,3-4,11-12,14-15H2,(H,26,30)/t18-/m0/s1. The van der Waals surface area contributed by atoms with Crippen molar-refractivity contribution < 1.29 is 13.9 Å². The Kier molecular flexibility index (Phi) is 5.45. The van der Waals surface area contributed by atoms with Gasteiger partial charge in [0.05, 0.1) is 12.3 Å². The van der Waals surface area contributed by atoms with Gasteiger partial charge in [-0.25, -0.2) is 9.07 Å². The van der Waals surface area contributed by atoms with Gasteiger partial charge in [-0.05, 0) is 36.6 Å². The lowest BCUT2D eigenvalue weighted by Crippen LogP contribution is -2.37. The minimum absolute atomic E-state index is 0.0318. The maximum atomic E-state index is 13.4. The van der Waals surface area contributed by atoms with Gasteiger partial charge in [-0.1, -0.05) is 30.3 Å². The molecule has 2 aromatic carbocycles. The number of aromatic nitrogens is 3. The van der Waals surface area contributed by atoms with E-state index in [0.29, 0.717) is 18.6 Å². The van der Waals surface area contributed by atoms with E-state index in [1.807, 2.05) is 28.8 Å². The number of benzene rings is 2. The molecule has 1 atom stereocenters. The summed E-state index contributed by atoms with van der Waals surface area (Å²) < 4.78 is 22.0. The molecular formula is C24H23FN4O3. The molecule has 1 N–H and O–H groups in total. The van der Waals surface area contributed by atoms with Crippen LogP contribution in [0.1, 0.15) is 18.4 Å². The summed E-state index contributed by atoms with van der Waals surface area (Å²) in [6.45, 7) is 1.38. The minimum Gasteiger partial charge on any atom is -0.376 e. The third-order valence-corrected chi connectivity index (χ3v) is 5.87. The van der Waals surface area contributed by atoms with Gasteiger partial charge in [-0.2, -0.15) is 5.10 Å². The molecule has 1 amide bonds. The number of fused-ring (bicyclic) bond motifs is 3. The van der Waals surface area contributed by atoms with Gasteiger partial charge >= 0.3 is 0 Å². The second-order valence-electron chi connectivity index (χ2n) is 8.04. The molecule has 1 aliphatic heterocycles. The lowest BCUT2D eigenvalue weighted by Gasteiger charge is -2.12. The third-order valence-electron chi connectivity index (χ3n) is 5.87. The molecule has 4 aromatic rings. The molecule has 1 fully saturated rings. The molecular weight excluding hydrogens is 411 g/mol. The predicted molar refractivity (Wildman–Crippen MR) is 119 cm³/mol. The molecule has 2 aromatic heterocycles. The summed E-state index contributed by atoms with van der Waals surface area (Å²) in [5, 5.41) is 8.72. The summed E-state index contributed by atoms with van der Waals surface area (Å²) in [7, 11) is 0. The highest BCUT2D eigenvalue weighted by atomic mass is 19.1. The zero-order valence-electron chi connectivity index (χ0n) is 17.5. The molecule has 1 saturated heterocycles. The van der Waals surface area contributed by atoms with Crippen LogP contribution in [0, 0.1) is 5.82 Å². The summed E-state index contributed by atoms with van der Waals surface area (Å²) >= 11 is 0. The quantitative estimate of drug-likeness (QED) is 0.506. The van der Waals surface area contributed by atoms with Gasteiger partial charge in [0.1, 0.15) is 17.9 Å². The van der Waals surface area contributed by atoms with Crippen LogP contribution in [0.3, 0.4) is 0 Å². The number of carbonyl (C=O) groups is 1. The number of ether oxygens (including phenoxy) is 1. The fourth-order valence-corrected chi connectivity index (χ4v) is 4.27. The Balaban J connectivity index is 1.50. The van der Waals surface area contributed by atoms with E-state index in [4.69, 9.17) is 4.74 Å². The summed E-state index contributed by atoms with van der Waals surface area (Å²) in [5.41, 5.74) is 1.88. The van der Waals surface area contributed by atoms with Crippen LogP contribution < -0.4 is 10.9 Å². The number of para-hydroxylation sites is 1. The predicted octanol–water partition coefficient (Wildman–Crippen LogP) is 2.83. The van der Waals surface area contributed by atoms with Crippen molar-refractivity contribution >= 4 is 27.7 Å². The van der Waals surface area contributed by atoms with Gasteiger partial charge in [0.2, 0.25) is 5.91 Å². The van der Waals surface area contributed by atoms with E-state index in [1.165, 1.54) is 16.8 Å². The first kappa shape index (κ1) is 20.4. The van der Waals surface area contributed by atoms with Crippen molar-refractivity contribution in [1.29, 1.82) is 0 Å². The lowest BCUT2D eigenvalue weighted by molar-refractivity contribution is -0.122. The molecule has 0 saturated carbocycles. The first-order valence-corrected chi connectivity index (χ1v) is 10.7. The Morgan fingerprint density at radius 1 is 1.16 bits per heavy atom. The third kappa shape index (κ3) is 3.89. The van der Waals surface area contributed by atoms with Crippen LogP contribution in [-0.2, 0) is 22.6 Å². The Morgan fingerprint density at radius 2 is 1.97 bits per heavy atom. The van der Waals surface area contributed by atoms with E-state index in [0.717, 1.165) is 41.3 Å². The van der Waals surface area contributed by atoms with Crippen molar-refractivity contribution in [2.24, 2.45) is 0 Å². The van der Waals surface area contributed by atoms with Crippen LogP contribution >= 0.6 is 0 Å². The first-order valence-electron chi connectivity index (χ1n) is 10.7. The van der Waals surface area contributed by atoms with Crippen molar-refractivity contribution in [3.05, 3.63) is 76.5 Å². The second kappa shape index (κ2) is 8.55. The Labute approximate surface area is 183 Å². The van der Waals surface area contributed by atoms with E-state index in [1.54, 1.807) is 18.3 Å². The average molecular weight is 434 g/mol. The molecule has 3 heterocycles. The number of hydrogen-bond donors (Lipinski definition) is 1. The number of hydrogen-bond acceptors (Lipinski definition) is 4. The van der Waals surface area contributed by atoms with Crippen LogP contribution in [0.2, 0.25) is 0 Å². The highest BCUT2D eigenvalue weighted by Gasteiger charge is 2.19. The van der Waals surface area contributed by atoms with Crippen LogP contribution in [0.5, 0.6) is 0 Å². The van der Waals surface area contributed by atoms with E-state index < -0.39 is 0 Å². The van der Waals surface area contributed by atoms with Crippen molar-refractivity contribution in [3.63, 3.8) is 0 Å². The molecule has 8 heteroatoms. The van der Waals surface area contributed by atoms with Crippen molar-refractivity contribution in [1.82, 2.24) is 19.7 Å². The molecule has 32 heavy (non-hydrogen) atoms. The highest BCUT2D eigenvalue weighted by Crippen LogP contribution is 2.27. The molecule has 1 aliphatic rings. The van der Waals surface area contributed by atoms with Gasteiger partial charge in [-0.15, -0.1) is 0 Å². The maximum absolute atomic E-state index is 13.4. The topological polar surface area (TPSA) is 78.2 Å². The Bertz CT molecular complexity index is 1340. The summed E-state index contributed by atoms with van der Waals surface area (Å²) in [6, 6.07) is 13.9. The molecule has 0 spiro atoms. The van der Waals surface area contributed by atoms with E-state index in [-0.39, 0.29) is 29.9 Å². The highest BCUT2D eigenvalue weighted by molar-refractivity contribution is 6.07. The van der Waals surface area contributed by atoms with E-state index in [2.05, 4.69) is 10.4 Å². The van der Waals surface area contributed by atoms with Gasteiger partial charge in [0.25, 0.3) is 5.56 Å². The molecule has 5 rings (SSSR count). The van der Waals surface area contributed by atoms with Gasteiger partial charge in [0.15, 0.2) is 0 Å². The van der Waals surface area contributed by atoms with Crippen LogP contribution in [-0.4, -0.2) is 39.5 Å². The Morgan fingerprint density at radius 3 is 2.75 bits per heavy atom. The zero-order valence-corrected chi connectivity index (χ0v) is 17.5. The van der Waals surface area contributed by atoms with Crippen LogP contribution in [0.25, 0.3) is 21.8 Å². The summed E-state index contributed by atoms with van der Waals surface area (Å²) in [5.74, 6) is -0.591. The molecule has 0 bridgehead atoms. The average Bonchev–Trinajstić information content (AvgIpc) is 3.43. The van der Waals surface area contributed by atoms with E-state index in [9.17, 15) is 14.0 Å². The summed E-state index contributed by atoms with van der Waals surface area (Å²) in [6.07, 6.45) is 3.59. The largest absolute Gasteiger partial charge is 0.376 e. The normalized spacial score (nSPS) is 16.1. The van der Waals surface area contributed by atoms with Gasteiger partial charge in [0, 0.05) is 36.0 Å². The number of rotatable bonds is 6. The second-order valence-corrected chi connectivity index (χ2v) is 8.04. The number of nitrogens with one attached hydrogen (secondary N) is 1. The van der Waals surface area contributed by atoms with E-state index >= 15 is 0 Å². The molecule has 164 valence electrons. The maximum Gasteiger partial charge on any atom is 0.291 e. The smallest absolute Gasteiger partial charge is 0.291 e. The van der Waals surface area contributed by atoms with Crippen molar-refractivity contribution in [3.8, 4) is 0 Å². The fourth-order valence-electron chi connectivity index (χ4n) is 4.27. The SMILES string of the molecule is O=C(Cn1ncc2c3ccccc3n(Cc3ccc(F)cc3)c2c1=O)NC[C@@H]1CCCO1. The molecule has 7 nitrogen and oxygen atoms in total. The van der Waals surface area contributed by atoms with Crippen LogP contribution in [0.15, 0.2) is 59.5 Å². The Hall–Kier alpha value is -3.52. The number of halogens is 1. The molecule has 0 aliphatic carbocycles. The number of nitrogens with zero attached hydrogens (tertiary/aromatic N) is 3. The number of carbonyl (C=O) groups excluding carboxylic acids is 1. The minimum atomic E-state index is -0.340. The van der Waals surface area contributed by atoms with Gasteiger partial charge < -0.3 is 14.6 Å². The zero-order chi connectivity index (χ0) is 22.1. The van der Waals surface area contributed by atoms with Crippen molar-refractivity contribution in [2.45, 2.75) is 32.0 Å². The summed E-state index contributed by atoms with van der Waals surface area (Å²) in [4.78, 5) is 25.8. The molecule has 0 unspecified atom stereocenters. The van der Waals surface area contributed by atoms with Gasteiger partial charge in [-0.3, -0.25) is 9.59 Å². The number of amides is 1. The first-order chi connectivity index (χ1) is 15.6. The molecule has 0 radical (unpaired) electrons. The lowest BCUT2D eigenvalue weighted by atomic mass is 10.2. The fraction of sp³-hybridized carbons (Fsp3) is 0.292. The van der Waals surface area contributed by atoms with Crippen molar-refractivity contribution in [2.75, 3.05) is 13.2 Å².